The molecule has 3 aliphatic carbocycles. The minimum absolute atomic E-state index is 0.00273. The van der Waals surface area contributed by atoms with Gasteiger partial charge in [-0.1, -0.05) is 38.4 Å². The van der Waals surface area contributed by atoms with E-state index in [0.717, 1.165) is 6.42 Å². The summed E-state index contributed by atoms with van der Waals surface area (Å²) in [7, 11) is 1.41. The first-order chi connectivity index (χ1) is 14.8. The summed E-state index contributed by atoms with van der Waals surface area (Å²) in [6.45, 7) is 7.22. The maximum atomic E-state index is 12.8. The number of aliphatic hydroxyl groups is 3. The normalized spacial score (nSPS) is 37.1. The van der Waals surface area contributed by atoms with E-state index in [-0.39, 0.29) is 45.9 Å². The highest BCUT2D eigenvalue weighted by molar-refractivity contribution is 6.33. The summed E-state index contributed by atoms with van der Waals surface area (Å²) >= 11 is 6.22. The molecule has 7 nitrogen and oxygen atoms in total. The predicted octanol–water partition coefficient (Wildman–Crippen LogP) is 2.98. The van der Waals surface area contributed by atoms with Crippen LogP contribution in [-0.4, -0.2) is 57.9 Å². The molecule has 0 aromatic heterocycles. The zero-order chi connectivity index (χ0) is 23.8. The average Bonchev–Trinajstić information content (AvgIpc) is 2.95. The first-order valence-corrected chi connectivity index (χ1v) is 11.2. The van der Waals surface area contributed by atoms with E-state index in [1.165, 1.54) is 13.2 Å². The monoisotopic (exact) mass is 466 g/mol. The van der Waals surface area contributed by atoms with E-state index < -0.39 is 29.2 Å². The van der Waals surface area contributed by atoms with E-state index >= 15 is 0 Å². The average molecular weight is 467 g/mol. The van der Waals surface area contributed by atoms with E-state index in [2.05, 4.69) is 0 Å². The highest BCUT2D eigenvalue weighted by Gasteiger charge is 2.73. The smallest absolute Gasteiger partial charge is 0.342 e. The molecule has 0 amide bonds. The fourth-order valence-corrected chi connectivity index (χ4v) is 6.62. The number of aliphatic hydroxyl groups excluding tert-OH is 2. The molecule has 0 bridgehead atoms. The lowest BCUT2D eigenvalue weighted by Gasteiger charge is -2.65. The number of halogens is 1. The number of benzene rings is 1. The second-order valence-electron chi connectivity index (χ2n) is 10.4. The van der Waals surface area contributed by atoms with Gasteiger partial charge in [-0.05, 0) is 42.2 Å². The molecule has 4 rings (SSSR count). The Bertz CT molecular complexity index is 1000. The first kappa shape index (κ1) is 23.4. The number of phenols is 1. The van der Waals surface area contributed by atoms with Gasteiger partial charge in [0.25, 0.3) is 0 Å². The molecule has 1 aromatic carbocycles. The standard InChI is InChI=1S/C24H31ClO7/c1-11-17(14(26)7-15(31-5)19(11)25)21(29)32-10-13-6-12-8-22(2,3)20(28)18(12)23(4)9-16(27)24(13,23)30/h6-7,12,16,18,20,26-28,30H,8-10H2,1-5H3. The molecule has 0 aliphatic heterocycles. The van der Waals surface area contributed by atoms with Crippen molar-refractivity contribution in [2.24, 2.45) is 22.7 Å². The van der Waals surface area contributed by atoms with Gasteiger partial charge < -0.3 is 29.9 Å². The molecule has 176 valence electrons. The van der Waals surface area contributed by atoms with Crippen LogP contribution in [-0.2, 0) is 4.74 Å². The molecule has 0 saturated heterocycles. The molecule has 2 fully saturated rings. The van der Waals surface area contributed by atoms with Crippen molar-refractivity contribution in [1.82, 2.24) is 0 Å². The molecule has 0 heterocycles. The van der Waals surface area contributed by atoms with Gasteiger partial charge in [0.15, 0.2) is 0 Å². The summed E-state index contributed by atoms with van der Waals surface area (Å²) < 4.78 is 10.6. The second-order valence-corrected chi connectivity index (χ2v) is 10.8. The highest BCUT2D eigenvalue weighted by atomic mass is 35.5. The lowest BCUT2D eigenvalue weighted by Crippen LogP contribution is -2.73. The third-order valence-electron chi connectivity index (χ3n) is 8.20. The molecule has 3 aliphatic rings. The van der Waals surface area contributed by atoms with Crippen LogP contribution >= 0.6 is 11.6 Å². The minimum Gasteiger partial charge on any atom is -0.507 e. The van der Waals surface area contributed by atoms with Gasteiger partial charge in [0.05, 0.1) is 24.3 Å². The van der Waals surface area contributed by atoms with Gasteiger partial charge in [0.2, 0.25) is 0 Å². The van der Waals surface area contributed by atoms with Crippen molar-refractivity contribution >= 4 is 17.6 Å². The lowest BCUT2D eigenvalue weighted by atomic mass is 9.44. The summed E-state index contributed by atoms with van der Waals surface area (Å²) in [4.78, 5) is 12.8. The number of phenolic OH excluding ortho intramolecular Hbond substituents is 1. The van der Waals surface area contributed by atoms with Crippen molar-refractivity contribution in [2.75, 3.05) is 13.7 Å². The largest absolute Gasteiger partial charge is 0.507 e. The van der Waals surface area contributed by atoms with Crippen molar-refractivity contribution in [2.45, 2.75) is 58.3 Å². The molecule has 0 radical (unpaired) electrons. The summed E-state index contributed by atoms with van der Waals surface area (Å²) in [6, 6.07) is 1.25. The van der Waals surface area contributed by atoms with E-state index in [1.54, 1.807) is 6.92 Å². The fraction of sp³-hybridized carbons (Fsp3) is 0.625. The number of rotatable bonds is 4. The maximum absolute atomic E-state index is 12.8. The summed E-state index contributed by atoms with van der Waals surface area (Å²) in [5.41, 5.74) is -1.99. The summed E-state index contributed by atoms with van der Waals surface area (Å²) in [5.74, 6) is -1.07. The maximum Gasteiger partial charge on any atom is 0.342 e. The molecule has 4 N–H and O–H groups in total. The number of hydrogen-bond donors (Lipinski definition) is 4. The van der Waals surface area contributed by atoms with E-state index in [9.17, 15) is 25.2 Å². The van der Waals surface area contributed by atoms with Crippen molar-refractivity contribution in [3.05, 3.63) is 33.9 Å². The van der Waals surface area contributed by atoms with Gasteiger partial charge in [0, 0.05) is 17.4 Å². The molecular formula is C24H31ClO7. The Balaban J connectivity index is 1.63. The van der Waals surface area contributed by atoms with Crippen LogP contribution in [0.15, 0.2) is 17.7 Å². The minimum atomic E-state index is -1.59. The number of fused-ring (bicyclic) bond motifs is 3. The lowest BCUT2D eigenvalue weighted by molar-refractivity contribution is -0.261. The Hall–Kier alpha value is -1.80. The topological polar surface area (TPSA) is 116 Å². The van der Waals surface area contributed by atoms with Gasteiger partial charge in [-0.25, -0.2) is 4.79 Å². The number of carbonyl (C=O) groups excluding carboxylic acids is 1. The van der Waals surface area contributed by atoms with Crippen LogP contribution in [0.4, 0.5) is 0 Å². The van der Waals surface area contributed by atoms with Gasteiger partial charge in [-0.15, -0.1) is 0 Å². The van der Waals surface area contributed by atoms with E-state index in [4.69, 9.17) is 21.1 Å². The Labute approximate surface area is 192 Å². The number of carbonyl (C=O) groups is 1. The van der Waals surface area contributed by atoms with Gasteiger partial charge in [-0.2, -0.15) is 0 Å². The van der Waals surface area contributed by atoms with Crippen LogP contribution in [0.25, 0.3) is 0 Å². The summed E-state index contributed by atoms with van der Waals surface area (Å²) in [5, 5.41) is 43.6. The zero-order valence-corrected chi connectivity index (χ0v) is 19.7. The molecule has 2 saturated carbocycles. The van der Waals surface area contributed by atoms with Crippen LogP contribution in [0.2, 0.25) is 5.02 Å². The van der Waals surface area contributed by atoms with Crippen LogP contribution in [0.3, 0.4) is 0 Å². The molecule has 6 unspecified atom stereocenters. The predicted molar refractivity (Wildman–Crippen MR) is 118 cm³/mol. The molecule has 1 aromatic rings. The number of esters is 1. The fourth-order valence-electron chi connectivity index (χ4n) is 6.40. The zero-order valence-electron chi connectivity index (χ0n) is 19.0. The van der Waals surface area contributed by atoms with E-state index in [1.807, 2.05) is 26.8 Å². The number of aromatic hydroxyl groups is 1. The number of allylic oxidation sites excluding steroid dienone is 1. The van der Waals surface area contributed by atoms with Crippen molar-refractivity contribution < 1.29 is 34.7 Å². The Morgan fingerprint density at radius 2 is 1.91 bits per heavy atom. The molecule has 8 heteroatoms. The van der Waals surface area contributed by atoms with Crippen LogP contribution in [0.1, 0.15) is 49.5 Å². The first-order valence-electron chi connectivity index (χ1n) is 10.8. The van der Waals surface area contributed by atoms with Crippen molar-refractivity contribution in [3.63, 3.8) is 0 Å². The Kier molecular flexibility index (Phi) is 5.37. The third-order valence-corrected chi connectivity index (χ3v) is 8.67. The third kappa shape index (κ3) is 2.94. The Morgan fingerprint density at radius 1 is 1.25 bits per heavy atom. The van der Waals surface area contributed by atoms with E-state index in [0.29, 0.717) is 17.6 Å². The second kappa shape index (κ2) is 7.35. The molecule has 0 spiro atoms. The highest BCUT2D eigenvalue weighted by Crippen LogP contribution is 2.68. The summed E-state index contributed by atoms with van der Waals surface area (Å²) in [6.07, 6.45) is 1.31. The molecule has 32 heavy (non-hydrogen) atoms. The molecular weight excluding hydrogens is 436 g/mol. The van der Waals surface area contributed by atoms with Crippen molar-refractivity contribution in [3.8, 4) is 11.5 Å². The number of ether oxygens (including phenoxy) is 2. The quantitative estimate of drug-likeness (QED) is 0.398. The van der Waals surface area contributed by atoms with Crippen molar-refractivity contribution in [1.29, 1.82) is 0 Å². The number of methoxy groups -OCH3 is 1. The van der Waals surface area contributed by atoms with Gasteiger partial charge in [0.1, 0.15) is 29.3 Å². The Morgan fingerprint density at radius 3 is 2.50 bits per heavy atom. The van der Waals surface area contributed by atoms with Gasteiger partial charge in [-0.3, -0.25) is 0 Å². The van der Waals surface area contributed by atoms with Crippen LogP contribution in [0.5, 0.6) is 11.5 Å². The SMILES string of the molecule is COc1cc(O)c(C(=O)OCC2=CC3CC(C)(C)C(O)C3C3(C)CC(O)C23O)c(C)c1Cl. The van der Waals surface area contributed by atoms with Gasteiger partial charge >= 0.3 is 5.97 Å². The molecule has 6 atom stereocenters. The van der Waals surface area contributed by atoms with Crippen LogP contribution in [0, 0.1) is 29.6 Å². The van der Waals surface area contributed by atoms with Crippen LogP contribution < -0.4 is 4.74 Å². The number of hydrogen-bond acceptors (Lipinski definition) is 7.